The van der Waals surface area contributed by atoms with Gasteiger partial charge in [0, 0.05) is 0 Å². The van der Waals surface area contributed by atoms with E-state index in [0.717, 1.165) is 18.2 Å². The second kappa shape index (κ2) is 2.94. The molecule has 0 bridgehead atoms. The van der Waals surface area contributed by atoms with E-state index in [4.69, 9.17) is 0 Å². The first-order chi connectivity index (χ1) is 5.43. The summed E-state index contributed by atoms with van der Waals surface area (Å²) < 4.78 is 49.4. The maximum absolute atomic E-state index is 12.6. The highest BCUT2D eigenvalue weighted by atomic mass is 35.5. The topological polar surface area (TPSA) is 0 Å². The third-order valence-electron chi connectivity index (χ3n) is 1.26. The Morgan fingerprint density at radius 2 is 1.75 bits per heavy atom. The molecule has 0 aliphatic rings. The van der Waals surface area contributed by atoms with Crippen LogP contribution in [0.1, 0.15) is 5.56 Å². The molecule has 0 nitrogen and oxygen atoms in total. The summed E-state index contributed by atoms with van der Waals surface area (Å²) in [6.07, 6.45) is 0. The van der Waals surface area contributed by atoms with Crippen LogP contribution in [0, 0.1) is 11.6 Å². The van der Waals surface area contributed by atoms with Gasteiger partial charge in [-0.2, -0.15) is 8.78 Å². The Bertz CT molecular complexity index is 292. The van der Waals surface area contributed by atoms with E-state index in [-0.39, 0.29) is 0 Å². The van der Waals surface area contributed by atoms with E-state index in [1.807, 2.05) is 0 Å². The number of halogens is 5. The maximum atomic E-state index is 12.6. The molecule has 0 amide bonds. The monoisotopic (exact) mass is 198 g/mol. The van der Waals surface area contributed by atoms with Crippen molar-refractivity contribution in [3.63, 3.8) is 0 Å². The standard InChI is InChI=1S/C7H3ClF4/c8-7(11,12)4-2-1-3-5(9)6(4)10/h1-3H. The van der Waals surface area contributed by atoms with Crippen LogP contribution in [0.25, 0.3) is 0 Å². The molecule has 0 heterocycles. The molecule has 0 unspecified atom stereocenters. The summed E-state index contributed by atoms with van der Waals surface area (Å²) in [7, 11) is 0. The van der Waals surface area contributed by atoms with E-state index < -0.39 is 22.6 Å². The third-order valence-corrected chi connectivity index (χ3v) is 1.46. The SMILES string of the molecule is Fc1cccc(C(F)(F)Cl)c1F. The number of rotatable bonds is 1. The second-order valence-electron chi connectivity index (χ2n) is 2.10. The first kappa shape index (κ1) is 9.32. The molecular formula is C7H3ClF4. The van der Waals surface area contributed by atoms with Gasteiger partial charge in [0.15, 0.2) is 11.6 Å². The van der Waals surface area contributed by atoms with Crippen molar-refractivity contribution in [3.05, 3.63) is 35.4 Å². The first-order valence-corrected chi connectivity index (χ1v) is 3.32. The van der Waals surface area contributed by atoms with Crippen LogP contribution in [-0.2, 0) is 5.38 Å². The van der Waals surface area contributed by atoms with Gasteiger partial charge in [-0.05, 0) is 23.7 Å². The molecule has 0 atom stereocenters. The molecule has 66 valence electrons. The molecule has 5 heteroatoms. The van der Waals surface area contributed by atoms with E-state index in [1.165, 1.54) is 0 Å². The highest BCUT2D eigenvalue weighted by Gasteiger charge is 2.32. The lowest BCUT2D eigenvalue weighted by Crippen LogP contribution is -2.07. The normalized spacial score (nSPS) is 11.8. The van der Waals surface area contributed by atoms with Crippen molar-refractivity contribution in [2.75, 3.05) is 0 Å². The van der Waals surface area contributed by atoms with Crippen molar-refractivity contribution < 1.29 is 17.6 Å². The molecule has 0 aromatic heterocycles. The van der Waals surface area contributed by atoms with E-state index in [1.54, 1.807) is 0 Å². The van der Waals surface area contributed by atoms with Crippen LogP contribution < -0.4 is 0 Å². The Kier molecular flexibility index (Phi) is 2.28. The molecule has 0 spiro atoms. The van der Waals surface area contributed by atoms with Gasteiger partial charge < -0.3 is 0 Å². The quantitative estimate of drug-likeness (QED) is 0.480. The average molecular weight is 199 g/mol. The molecule has 0 N–H and O–H groups in total. The fraction of sp³-hybridized carbons (Fsp3) is 0.143. The van der Waals surface area contributed by atoms with Gasteiger partial charge in [-0.15, -0.1) is 0 Å². The summed E-state index contributed by atoms with van der Waals surface area (Å²) in [5.41, 5.74) is -1.15. The minimum Gasteiger partial charge on any atom is -0.204 e. The van der Waals surface area contributed by atoms with E-state index in [9.17, 15) is 17.6 Å². The summed E-state index contributed by atoms with van der Waals surface area (Å²) >= 11 is 4.50. The predicted octanol–water partition coefficient (Wildman–Crippen LogP) is 3.25. The zero-order valence-corrected chi connectivity index (χ0v) is 6.38. The van der Waals surface area contributed by atoms with Crippen LogP contribution in [0.4, 0.5) is 17.6 Å². The van der Waals surface area contributed by atoms with E-state index >= 15 is 0 Å². The lowest BCUT2D eigenvalue weighted by atomic mass is 10.2. The van der Waals surface area contributed by atoms with Gasteiger partial charge in [0.1, 0.15) is 0 Å². The van der Waals surface area contributed by atoms with Crippen molar-refractivity contribution in [2.24, 2.45) is 0 Å². The van der Waals surface area contributed by atoms with Crippen LogP contribution >= 0.6 is 11.6 Å². The lowest BCUT2D eigenvalue weighted by molar-refractivity contribution is 0.0897. The van der Waals surface area contributed by atoms with Crippen molar-refractivity contribution in [2.45, 2.75) is 5.38 Å². The van der Waals surface area contributed by atoms with E-state index in [2.05, 4.69) is 11.6 Å². The van der Waals surface area contributed by atoms with Crippen LogP contribution in [0.3, 0.4) is 0 Å². The number of alkyl halides is 3. The molecule has 0 saturated heterocycles. The number of hydrogen-bond donors (Lipinski definition) is 0. The Balaban J connectivity index is 3.26. The number of hydrogen-bond acceptors (Lipinski definition) is 0. The molecule has 0 saturated carbocycles. The van der Waals surface area contributed by atoms with Gasteiger partial charge in [-0.25, -0.2) is 8.78 Å². The van der Waals surface area contributed by atoms with Crippen LogP contribution in [0.2, 0.25) is 0 Å². The van der Waals surface area contributed by atoms with Crippen LogP contribution in [-0.4, -0.2) is 0 Å². The van der Waals surface area contributed by atoms with Crippen molar-refractivity contribution in [1.82, 2.24) is 0 Å². The molecular weight excluding hydrogens is 196 g/mol. The summed E-state index contributed by atoms with van der Waals surface area (Å²) in [6, 6.07) is 2.43. The largest absolute Gasteiger partial charge is 0.351 e. The summed E-state index contributed by atoms with van der Waals surface area (Å²) in [4.78, 5) is 0. The Morgan fingerprint density at radius 1 is 1.17 bits per heavy atom. The zero-order valence-electron chi connectivity index (χ0n) is 5.62. The molecule has 1 aromatic carbocycles. The first-order valence-electron chi connectivity index (χ1n) is 2.94. The highest BCUT2D eigenvalue weighted by Crippen LogP contribution is 2.34. The minimum absolute atomic E-state index is 0.728. The summed E-state index contributed by atoms with van der Waals surface area (Å²) in [5.74, 6) is -2.95. The van der Waals surface area contributed by atoms with Gasteiger partial charge in [0.25, 0.3) is 0 Å². The van der Waals surface area contributed by atoms with E-state index in [0.29, 0.717) is 0 Å². The molecule has 12 heavy (non-hydrogen) atoms. The Labute approximate surface area is 70.8 Å². The fourth-order valence-electron chi connectivity index (χ4n) is 0.723. The minimum atomic E-state index is -3.87. The van der Waals surface area contributed by atoms with Crippen molar-refractivity contribution in [1.29, 1.82) is 0 Å². The predicted molar refractivity (Wildman–Crippen MR) is 36.1 cm³/mol. The van der Waals surface area contributed by atoms with Gasteiger partial charge in [0.05, 0.1) is 5.56 Å². The Morgan fingerprint density at radius 3 is 2.17 bits per heavy atom. The lowest BCUT2D eigenvalue weighted by Gasteiger charge is -2.08. The molecule has 0 aliphatic carbocycles. The van der Waals surface area contributed by atoms with Crippen molar-refractivity contribution >= 4 is 11.6 Å². The average Bonchev–Trinajstić information content (AvgIpc) is 1.92. The molecule has 0 radical (unpaired) electrons. The molecule has 1 aromatic rings. The highest BCUT2D eigenvalue weighted by molar-refractivity contribution is 6.21. The van der Waals surface area contributed by atoms with Gasteiger partial charge >= 0.3 is 5.38 Å². The second-order valence-corrected chi connectivity index (χ2v) is 2.57. The summed E-state index contributed by atoms with van der Waals surface area (Å²) in [6.45, 7) is 0. The smallest absolute Gasteiger partial charge is 0.204 e. The van der Waals surface area contributed by atoms with Crippen LogP contribution in [0.5, 0.6) is 0 Å². The van der Waals surface area contributed by atoms with Gasteiger partial charge in [-0.1, -0.05) is 6.07 Å². The van der Waals surface area contributed by atoms with Crippen LogP contribution in [0.15, 0.2) is 18.2 Å². The fourth-order valence-corrected chi connectivity index (χ4v) is 0.869. The molecule has 1 rings (SSSR count). The maximum Gasteiger partial charge on any atom is 0.351 e. The molecule has 0 aliphatic heterocycles. The summed E-state index contributed by atoms with van der Waals surface area (Å²) in [5, 5.41) is -3.87. The van der Waals surface area contributed by atoms with Gasteiger partial charge in [0.2, 0.25) is 0 Å². The zero-order chi connectivity index (χ0) is 9.35. The number of benzene rings is 1. The molecule has 0 fully saturated rings. The third kappa shape index (κ3) is 1.69. The van der Waals surface area contributed by atoms with Crippen molar-refractivity contribution in [3.8, 4) is 0 Å². The Hall–Kier alpha value is -0.770. The van der Waals surface area contributed by atoms with Gasteiger partial charge in [-0.3, -0.25) is 0 Å².